The van der Waals surface area contributed by atoms with E-state index in [2.05, 4.69) is 36.8 Å². The van der Waals surface area contributed by atoms with Crippen LogP contribution in [0, 0.1) is 0 Å². The van der Waals surface area contributed by atoms with Crippen molar-refractivity contribution in [1.82, 2.24) is 4.98 Å². The second-order valence-corrected chi connectivity index (χ2v) is 8.26. The van der Waals surface area contributed by atoms with Gasteiger partial charge in [0.25, 0.3) is 0 Å². The molecule has 0 radical (unpaired) electrons. The minimum absolute atomic E-state index is 0.0717. The van der Waals surface area contributed by atoms with Gasteiger partial charge in [0.05, 0.1) is 14.0 Å². The number of ketones is 1. The molecule has 0 saturated heterocycles. The first-order valence-electron chi connectivity index (χ1n) is 5.46. The van der Waals surface area contributed by atoms with Crippen molar-refractivity contribution < 1.29 is 4.79 Å². The summed E-state index contributed by atoms with van der Waals surface area (Å²) in [6, 6.07) is 9.79. The van der Waals surface area contributed by atoms with Gasteiger partial charge in [0, 0.05) is 15.8 Å². The Morgan fingerprint density at radius 2 is 2.00 bits per heavy atom. The van der Waals surface area contributed by atoms with Crippen LogP contribution in [0.15, 0.2) is 38.6 Å². The Labute approximate surface area is 134 Å². The summed E-state index contributed by atoms with van der Waals surface area (Å²) >= 11 is 9.89. The first kappa shape index (κ1) is 13.4. The first-order chi connectivity index (χ1) is 9.13. The van der Waals surface area contributed by atoms with E-state index in [0.717, 1.165) is 23.4 Å². The third-order valence-electron chi connectivity index (χ3n) is 2.56. The van der Waals surface area contributed by atoms with E-state index in [4.69, 9.17) is 0 Å². The van der Waals surface area contributed by atoms with E-state index < -0.39 is 0 Å². The molecule has 0 bridgehead atoms. The number of Topliss-reactive ketones (excluding diaryl/α,β-unsaturated/α-hetero) is 1. The fraction of sp³-hybridized carbons (Fsp3) is 0.0769. The number of fused-ring (bicyclic) bond motifs is 1. The number of thiazole rings is 1. The number of para-hydroxylation sites is 1. The summed E-state index contributed by atoms with van der Waals surface area (Å²) < 4.78 is 3.06. The van der Waals surface area contributed by atoms with Crippen molar-refractivity contribution in [3.63, 3.8) is 0 Å². The minimum Gasteiger partial charge on any atom is -0.291 e. The second-order valence-electron chi connectivity index (χ2n) is 3.92. The Morgan fingerprint density at radius 3 is 2.68 bits per heavy atom. The van der Waals surface area contributed by atoms with Gasteiger partial charge in [0.2, 0.25) is 0 Å². The quantitative estimate of drug-likeness (QED) is 0.541. The number of hydrogen-bond donors (Lipinski definition) is 0. The van der Waals surface area contributed by atoms with Crippen LogP contribution in [-0.2, 0) is 6.42 Å². The van der Waals surface area contributed by atoms with Crippen LogP contribution in [0.2, 0.25) is 0 Å². The van der Waals surface area contributed by atoms with Crippen molar-refractivity contribution >= 4 is 70.5 Å². The molecule has 3 rings (SSSR count). The molecular formula is C13H7Br2NOS2. The van der Waals surface area contributed by atoms with Crippen LogP contribution >= 0.6 is 54.5 Å². The number of carbonyl (C=O) groups excluding carboxylic acids is 1. The van der Waals surface area contributed by atoms with Gasteiger partial charge in [0.15, 0.2) is 10.8 Å². The smallest absolute Gasteiger partial charge is 0.196 e. The zero-order valence-corrected chi connectivity index (χ0v) is 14.3. The number of rotatable bonds is 3. The van der Waals surface area contributed by atoms with E-state index in [1.165, 1.54) is 11.3 Å². The molecule has 0 fully saturated rings. The number of hydrogen-bond acceptors (Lipinski definition) is 4. The normalized spacial score (nSPS) is 11.1. The Hall–Kier alpha value is -0.560. The molecule has 3 aromatic rings. The van der Waals surface area contributed by atoms with Gasteiger partial charge in [0.1, 0.15) is 0 Å². The van der Waals surface area contributed by atoms with E-state index in [0.29, 0.717) is 11.4 Å². The molecule has 6 heteroatoms. The van der Waals surface area contributed by atoms with Crippen molar-refractivity contribution in [2.45, 2.75) is 6.42 Å². The lowest BCUT2D eigenvalue weighted by molar-refractivity contribution is 0.0993. The van der Waals surface area contributed by atoms with Gasteiger partial charge in [-0.2, -0.15) is 0 Å². The zero-order chi connectivity index (χ0) is 13.4. The van der Waals surface area contributed by atoms with E-state index in [-0.39, 0.29) is 5.78 Å². The number of aromatic nitrogens is 1. The summed E-state index contributed by atoms with van der Waals surface area (Å²) in [5.41, 5.74) is 0.893. The molecule has 2 aromatic heterocycles. The maximum Gasteiger partial charge on any atom is 0.196 e. The highest BCUT2D eigenvalue weighted by Crippen LogP contribution is 2.33. The van der Waals surface area contributed by atoms with Crippen molar-refractivity contribution in [3.05, 3.63) is 48.5 Å². The van der Waals surface area contributed by atoms with Crippen molar-refractivity contribution in [2.24, 2.45) is 0 Å². The monoisotopic (exact) mass is 415 g/mol. The molecule has 0 aliphatic carbocycles. The van der Waals surface area contributed by atoms with Crippen LogP contribution in [0.4, 0.5) is 0 Å². The van der Waals surface area contributed by atoms with Crippen LogP contribution < -0.4 is 0 Å². The summed E-state index contributed by atoms with van der Waals surface area (Å²) in [6.07, 6.45) is 0.398. The van der Waals surface area contributed by atoms with Crippen molar-refractivity contribution in [3.8, 4) is 0 Å². The molecule has 0 saturated carbocycles. The lowest BCUT2D eigenvalue weighted by atomic mass is 10.2. The molecule has 96 valence electrons. The molecule has 0 atom stereocenters. The lowest BCUT2D eigenvalue weighted by Gasteiger charge is -1.92. The molecule has 2 nitrogen and oxygen atoms in total. The number of carbonyl (C=O) groups is 1. The maximum absolute atomic E-state index is 12.2. The highest BCUT2D eigenvalue weighted by atomic mass is 79.9. The van der Waals surface area contributed by atoms with Gasteiger partial charge >= 0.3 is 0 Å². The molecule has 0 spiro atoms. The number of halogens is 2. The predicted octanol–water partition coefficient (Wildman–Crippen LogP) is 5.31. The number of benzene rings is 1. The largest absolute Gasteiger partial charge is 0.291 e. The van der Waals surface area contributed by atoms with Crippen molar-refractivity contribution in [2.75, 3.05) is 0 Å². The molecule has 0 aliphatic heterocycles. The van der Waals surface area contributed by atoms with E-state index in [9.17, 15) is 4.79 Å². The average molecular weight is 417 g/mol. The van der Waals surface area contributed by atoms with Gasteiger partial charge in [-0.15, -0.1) is 22.7 Å². The van der Waals surface area contributed by atoms with E-state index in [1.807, 2.05) is 30.3 Å². The summed E-state index contributed by atoms with van der Waals surface area (Å²) in [5, 5.41) is 0.585. The number of thiophene rings is 1. The predicted molar refractivity (Wildman–Crippen MR) is 87.4 cm³/mol. The fourth-order valence-electron chi connectivity index (χ4n) is 1.70. The van der Waals surface area contributed by atoms with Gasteiger partial charge in [-0.05, 0) is 50.1 Å². The SMILES string of the molecule is O=C(Cc1cc(Br)c(Br)s1)c1nc2ccccc2s1. The third kappa shape index (κ3) is 2.81. The molecule has 0 aliphatic rings. The molecule has 2 heterocycles. The van der Waals surface area contributed by atoms with Crippen LogP contribution in [0.5, 0.6) is 0 Å². The van der Waals surface area contributed by atoms with Gasteiger partial charge < -0.3 is 0 Å². The highest BCUT2D eigenvalue weighted by molar-refractivity contribution is 9.13. The van der Waals surface area contributed by atoms with Crippen molar-refractivity contribution in [1.29, 1.82) is 0 Å². The minimum atomic E-state index is 0.0717. The summed E-state index contributed by atoms with van der Waals surface area (Å²) in [7, 11) is 0. The fourth-order valence-corrected chi connectivity index (χ4v) is 4.78. The maximum atomic E-state index is 12.2. The Kier molecular flexibility index (Phi) is 3.84. The summed E-state index contributed by atoms with van der Waals surface area (Å²) in [5.74, 6) is 0.0717. The van der Waals surface area contributed by atoms with E-state index >= 15 is 0 Å². The standard InChI is InChI=1S/C13H7Br2NOS2/c14-8-5-7(18-12(8)15)6-10(17)13-16-9-3-1-2-4-11(9)19-13/h1-5H,6H2. The summed E-state index contributed by atoms with van der Waals surface area (Å²) in [6.45, 7) is 0. The first-order valence-corrected chi connectivity index (χ1v) is 8.68. The van der Waals surface area contributed by atoms with Gasteiger partial charge in [-0.1, -0.05) is 12.1 Å². The topological polar surface area (TPSA) is 30.0 Å². The van der Waals surface area contributed by atoms with Crippen LogP contribution in [-0.4, -0.2) is 10.8 Å². The Balaban J connectivity index is 1.87. The molecule has 0 unspecified atom stereocenters. The second kappa shape index (κ2) is 5.44. The molecular weight excluding hydrogens is 410 g/mol. The third-order valence-corrected chi connectivity index (χ3v) is 6.90. The Bertz CT molecular complexity index is 710. The molecule has 0 amide bonds. The number of nitrogens with zero attached hydrogens (tertiary/aromatic N) is 1. The zero-order valence-electron chi connectivity index (χ0n) is 9.52. The molecule has 19 heavy (non-hydrogen) atoms. The molecule has 0 N–H and O–H groups in total. The van der Waals surface area contributed by atoms with Gasteiger partial charge in [-0.3, -0.25) is 4.79 Å². The van der Waals surface area contributed by atoms with E-state index in [1.54, 1.807) is 11.3 Å². The van der Waals surface area contributed by atoms with Crippen LogP contribution in [0.3, 0.4) is 0 Å². The average Bonchev–Trinajstić information content (AvgIpc) is 2.93. The Morgan fingerprint density at radius 1 is 1.21 bits per heavy atom. The lowest BCUT2D eigenvalue weighted by Crippen LogP contribution is -2.01. The summed E-state index contributed by atoms with van der Waals surface area (Å²) in [4.78, 5) is 17.6. The highest BCUT2D eigenvalue weighted by Gasteiger charge is 2.15. The van der Waals surface area contributed by atoms with Crippen LogP contribution in [0.1, 0.15) is 14.7 Å². The van der Waals surface area contributed by atoms with Crippen LogP contribution in [0.25, 0.3) is 10.2 Å². The molecule has 1 aromatic carbocycles. The van der Waals surface area contributed by atoms with Gasteiger partial charge in [-0.25, -0.2) is 4.98 Å².